The minimum Gasteiger partial charge on any atom is -0.392 e. The van der Waals surface area contributed by atoms with Crippen molar-refractivity contribution >= 4 is 0 Å². The second-order valence-electron chi connectivity index (χ2n) is 5.85. The predicted molar refractivity (Wildman–Crippen MR) is 69.5 cm³/mol. The Morgan fingerprint density at radius 3 is 2.38 bits per heavy atom. The number of hydrogen-bond acceptors (Lipinski definition) is 2. The number of hydrogen-bond donors (Lipinski definition) is 2. The van der Waals surface area contributed by atoms with E-state index in [1.807, 2.05) is 0 Å². The molecule has 0 amide bonds. The first kappa shape index (κ1) is 14.0. The van der Waals surface area contributed by atoms with Crippen molar-refractivity contribution in [3.05, 3.63) is 0 Å². The summed E-state index contributed by atoms with van der Waals surface area (Å²) < 4.78 is 0. The average Bonchev–Trinajstić information content (AvgIpc) is 2.75. The zero-order chi connectivity index (χ0) is 12.0. The Morgan fingerprint density at radius 1 is 1.19 bits per heavy atom. The van der Waals surface area contributed by atoms with Gasteiger partial charge in [0.05, 0.1) is 6.10 Å². The Hall–Kier alpha value is -0.0800. The third-order valence-electron chi connectivity index (χ3n) is 3.93. The van der Waals surface area contributed by atoms with Gasteiger partial charge in [0, 0.05) is 12.6 Å². The molecule has 96 valence electrons. The minimum absolute atomic E-state index is 0.200. The van der Waals surface area contributed by atoms with Crippen LogP contribution in [0.5, 0.6) is 0 Å². The summed E-state index contributed by atoms with van der Waals surface area (Å²) in [6.45, 7) is 7.11. The molecule has 0 heterocycles. The first-order valence-electron chi connectivity index (χ1n) is 7.01. The van der Waals surface area contributed by atoms with Crippen LogP contribution in [0.1, 0.15) is 59.3 Å². The molecule has 1 aliphatic rings. The maximum atomic E-state index is 9.69. The SMILES string of the molecule is CC(CCC1CCCC1)NCC(O)C(C)C. The van der Waals surface area contributed by atoms with Crippen molar-refractivity contribution in [2.45, 2.75) is 71.4 Å². The fraction of sp³-hybridized carbons (Fsp3) is 1.00. The van der Waals surface area contributed by atoms with Crippen molar-refractivity contribution in [3.63, 3.8) is 0 Å². The standard InChI is InChI=1S/C14H29NO/c1-11(2)14(16)10-15-12(3)8-9-13-6-4-5-7-13/h11-16H,4-10H2,1-3H3. The molecule has 2 heteroatoms. The lowest BCUT2D eigenvalue weighted by Crippen LogP contribution is -2.36. The first-order valence-corrected chi connectivity index (χ1v) is 7.01. The van der Waals surface area contributed by atoms with Gasteiger partial charge in [0.2, 0.25) is 0 Å². The second-order valence-corrected chi connectivity index (χ2v) is 5.85. The van der Waals surface area contributed by atoms with Gasteiger partial charge in [-0.15, -0.1) is 0 Å². The molecule has 2 unspecified atom stereocenters. The molecule has 1 fully saturated rings. The van der Waals surface area contributed by atoms with Crippen LogP contribution in [0.4, 0.5) is 0 Å². The zero-order valence-electron chi connectivity index (χ0n) is 11.2. The van der Waals surface area contributed by atoms with Gasteiger partial charge in [-0.2, -0.15) is 0 Å². The summed E-state index contributed by atoms with van der Waals surface area (Å²) in [6, 6.07) is 0.550. The topological polar surface area (TPSA) is 32.3 Å². The number of aliphatic hydroxyl groups is 1. The van der Waals surface area contributed by atoms with Gasteiger partial charge in [0.1, 0.15) is 0 Å². The normalized spacial score (nSPS) is 21.6. The van der Waals surface area contributed by atoms with Gasteiger partial charge in [-0.3, -0.25) is 0 Å². The molecule has 1 saturated carbocycles. The van der Waals surface area contributed by atoms with Crippen molar-refractivity contribution in [1.29, 1.82) is 0 Å². The van der Waals surface area contributed by atoms with Crippen LogP contribution < -0.4 is 5.32 Å². The summed E-state index contributed by atoms with van der Waals surface area (Å²) in [5.41, 5.74) is 0. The highest BCUT2D eigenvalue weighted by molar-refractivity contribution is 4.72. The second kappa shape index (κ2) is 7.29. The number of aliphatic hydroxyl groups excluding tert-OH is 1. The summed E-state index contributed by atoms with van der Waals surface area (Å²) >= 11 is 0. The van der Waals surface area contributed by atoms with Crippen LogP contribution in [0.2, 0.25) is 0 Å². The van der Waals surface area contributed by atoms with E-state index in [0.29, 0.717) is 12.0 Å². The minimum atomic E-state index is -0.200. The Kier molecular flexibility index (Phi) is 6.37. The van der Waals surface area contributed by atoms with E-state index < -0.39 is 0 Å². The Labute approximate surface area is 101 Å². The van der Waals surface area contributed by atoms with Crippen molar-refractivity contribution in [2.75, 3.05) is 6.54 Å². The number of nitrogens with one attached hydrogen (secondary N) is 1. The van der Waals surface area contributed by atoms with Crippen LogP contribution >= 0.6 is 0 Å². The Balaban J connectivity index is 2.03. The lowest BCUT2D eigenvalue weighted by atomic mass is 9.99. The fourth-order valence-electron chi connectivity index (χ4n) is 2.44. The van der Waals surface area contributed by atoms with E-state index >= 15 is 0 Å². The van der Waals surface area contributed by atoms with E-state index in [9.17, 15) is 5.11 Å². The highest BCUT2D eigenvalue weighted by Crippen LogP contribution is 2.28. The molecule has 0 spiro atoms. The van der Waals surface area contributed by atoms with Gasteiger partial charge in [-0.25, -0.2) is 0 Å². The van der Waals surface area contributed by atoms with Gasteiger partial charge in [0.25, 0.3) is 0 Å². The van der Waals surface area contributed by atoms with Crippen LogP contribution in [-0.4, -0.2) is 23.8 Å². The maximum absolute atomic E-state index is 9.69. The van der Waals surface area contributed by atoms with Gasteiger partial charge >= 0.3 is 0 Å². The van der Waals surface area contributed by atoms with Crippen LogP contribution in [0.3, 0.4) is 0 Å². The molecule has 0 aliphatic heterocycles. The molecular formula is C14H29NO. The molecule has 2 N–H and O–H groups in total. The summed E-state index contributed by atoms with van der Waals surface area (Å²) in [7, 11) is 0. The van der Waals surface area contributed by atoms with Crippen LogP contribution in [0, 0.1) is 11.8 Å². The Morgan fingerprint density at radius 2 is 1.81 bits per heavy atom. The van der Waals surface area contributed by atoms with Crippen molar-refractivity contribution in [2.24, 2.45) is 11.8 Å². The lowest BCUT2D eigenvalue weighted by Gasteiger charge is -2.20. The van der Waals surface area contributed by atoms with Crippen molar-refractivity contribution < 1.29 is 5.11 Å². The van der Waals surface area contributed by atoms with Crippen LogP contribution in [0.15, 0.2) is 0 Å². The van der Waals surface area contributed by atoms with E-state index in [2.05, 4.69) is 26.1 Å². The smallest absolute Gasteiger partial charge is 0.0687 e. The van der Waals surface area contributed by atoms with Gasteiger partial charge in [0.15, 0.2) is 0 Å². The highest BCUT2D eigenvalue weighted by Gasteiger charge is 2.16. The monoisotopic (exact) mass is 227 g/mol. The Bertz CT molecular complexity index is 170. The molecule has 1 aliphatic carbocycles. The molecule has 2 nitrogen and oxygen atoms in total. The van der Waals surface area contributed by atoms with Gasteiger partial charge in [-0.05, 0) is 31.6 Å². The number of rotatable bonds is 7. The molecule has 1 rings (SSSR count). The summed E-state index contributed by atoms with van der Waals surface area (Å²) in [4.78, 5) is 0. The van der Waals surface area contributed by atoms with Gasteiger partial charge in [-0.1, -0.05) is 39.5 Å². The van der Waals surface area contributed by atoms with Gasteiger partial charge < -0.3 is 10.4 Å². The van der Waals surface area contributed by atoms with Crippen LogP contribution in [0.25, 0.3) is 0 Å². The summed E-state index contributed by atoms with van der Waals surface area (Å²) in [5, 5.41) is 13.1. The zero-order valence-corrected chi connectivity index (χ0v) is 11.2. The molecule has 16 heavy (non-hydrogen) atoms. The predicted octanol–water partition coefficient (Wildman–Crippen LogP) is 2.95. The molecule has 0 aromatic heterocycles. The lowest BCUT2D eigenvalue weighted by molar-refractivity contribution is 0.120. The highest BCUT2D eigenvalue weighted by atomic mass is 16.3. The van der Waals surface area contributed by atoms with E-state index in [1.165, 1.54) is 38.5 Å². The molecule has 0 bridgehead atoms. The molecule has 2 atom stereocenters. The van der Waals surface area contributed by atoms with E-state index in [0.717, 1.165) is 12.5 Å². The van der Waals surface area contributed by atoms with E-state index in [1.54, 1.807) is 0 Å². The average molecular weight is 227 g/mol. The molecule has 0 aromatic rings. The van der Waals surface area contributed by atoms with Crippen molar-refractivity contribution in [3.8, 4) is 0 Å². The largest absolute Gasteiger partial charge is 0.392 e. The van der Waals surface area contributed by atoms with E-state index in [4.69, 9.17) is 0 Å². The van der Waals surface area contributed by atoms with E-state index in [-0.39, 0.29) is 6.10 Å². The molecule has 0 aromatic carbocycles. The molecule has 0 radical (unpaired) electrons. The third kappa shape index (κ3) is 5.31. The van der Waals surface area contributed by atoms with Crippen LogP contribution in [-0.2, 0) is 0 Å². The molecular weight excluding hydrogens is 198 g/mol. The maximum Gasteiger partial charge on any atom is 0.0687 e. The van der Waals surface area contributed by atoms with Crippen molar-refractivity contribution in [1.82, 2.24) is 5.32 Å². The first-order chi connectivity index (χ1) is 7.59. The molecule has 0 saturated heterocycles. The summed E-state index contributed by atoms with van der Waals surface area (Å²) in [6.07, 6.45) is 8.20. The quantitative estimate of drug-likeness (QED) is 0.701. The summed E-state index contributed by atoms with van der Waals surface area (Å²) in [5.74, 6) is 1.34. The third-order valence-corrected chi connectivity index (χ3v) is 3.93. The fourth-order valence-corrected chi connectivity index (χ4v) is 2.44.